The Morgan fingerprint density at radius 1 is 0.364 bits per heavy atom. The topological polar surface area (TPSA) is 78.9 Å². The minimum atomic E-state index is -0.801. The summed E-state index contributed by atoms with van der Waals surface area (Å²) < 4.78 is 16.6. The summed E-state index contributed by atoms with van der Waals surface area (Å²) in [5.74, 6) is -0.999. The van der Waals surface area contributed by atoms with E-state index in [2.05, 4.69) is 81.5 Å². The summed E-state index contributed by atoms with van der Waals surface area (Å²) in [7, 11) is 0. The molecule has 0 bridgehead atoms. The van der Waals surface area contributed by atoms with Crippen molar-refractivity contribution in [2.45, 2.75) is 219 Å². The Kier molecular flexibility index (Phi) is 41.5. The second-order valence-electron chi connectivity index (χ2n) is 15.0. The van der Waals surface area contributed by atoms with E-state index in [1.165, 1.54) is 103 Å². The van der Waals surface area contributed by atoms with Crippen molar-refractivity contribution in [3.8, 4) is 0 Å². The Morgan fingerprint density at radius 2 is 0.673 bits per heavy atom. The molecule has 0 aliphatic carbocycles. The Bertz CT molecular complexity index is 1020. The third-order valence-corrected chi connectivity index (χ3v) is 9.49. The number of unbranched alkanes of at least 4 members (excludes halogenated alkanes) is 19. The fraction of sp³-hybridized carbons (Fsp3) is 0.735. The number of esters is 3. The second kappa shape index (κ2) is 43.8. The number of hydrogen-bond donors (Lipinski definition) is 0. The van der Waals surface area contributed by atoms with Crippen LogP contribution in [-0.2, 0) is 28.6 Å². The molecule has 1 unspecified atom stereocenters. The minimum absolute atomic E-state index is 0.106. The van der Waals surface area contributed by atoms with Gasteiger partial charge in [-0.2, -0.15) is 0 Å². The first-order valence-corrected chi connectivity index (χ1v) is 22.8. The molecule has 0 heterocycles. The Hall–Kier alpha value is -2.89. The highest BCUT2D eigenvalue weighted by molar-refractivity contribution is 5.71. The van der Waals surface area contributed by atoms with E-state index in [1.807, 2.05) is 0 Å². The second-order valence-corrected chi connectivity index (χ2v) is 15.0. The largest absolute Gasteiger partial charge is 0.462 e. The van der Waals surface area contributed by atoms with Crippen molar-refractivity contribution in [2.24, 2.45) is 0 Å². The quantitative estimate of drug-likeness (QED) is 0.0267. The first-order valence-electron chi connectivity index (χ1n) is 22.8. The van der Waals surface area contributed by atoms with Crippen molar-refractivity contribution in [3.05, 3.63) is 60.8 Å². The number of rotatable bonds is 40. The van der Waals surface area contributed by atoms with Gasteiger partial charge in [0.25, 0.3) is 0 Å². The van der Waals surface area contributed by atoms with Gasteiger partial charge in [0.2, 0.25) is 0 Å². The maximum absolute atomic E-state index is 12.7. The molecular formula is C49H84O6. The standard InChI is InChI=1S/C49H84O6/c1-4-7-10-13-16-19-21-22-23-24-25-26-28-30-33-36-39-42-48(51)54-45-46(44-53-47(50)41-38-35-32-29-18-15-12-9-6-3)55-49(52)43-40-37-34-31-27-20-17-14-11-8-5-2/h16,19,22-23,25-26,29-30,32-33,46H,4-15,17-18,20-21,24,27-28,31,34-45H2,1-3H3/b19-16-,23-22-,26-25-,32-29-,33-30-. The zero-order valence-corrected chi connectivity index (χ0v) is 35.9. The van der Waals surface area contributed by atoms with Crippen LogP contribution in [0, 0.1) is 0 Å². The van der Waals surface area contributed by atoms with E-state index in [-0.39, 0.29) is 37.5 Å². The van der Waals surface area contributed by atoms with E-state index in [9.17, 15) is 14.4 Å². The normalized spacial score (nSPS) is 12.6. The number of carbonyl (C=O) groups excluding carboxylic acids is 3. The van der Waals surface area contributed by atoms with Gasteiger partial charge in [0, 0.05) is 19.3 Å². The summed E-state index contributed by atoms with van der Waals surface area (Å²) in [5, 5.41) is 0. The lowest BCUT2D eigenvalue weighted by molar-refractivity contribution is -0.167. The number of carbonyl (C=O) groups is 3. The smallest absolute Gasteiger partial charge is 0.306 e. The maximum Gasteiger partial charge on any atom is 0.306 e. The van der Waals surface area contributed by atoms with Gasteiger partial charge in [-0.1, -0.05) is 178 Å². The van der Waals surface area contributed by atoms with Crippen LogP contribution >= 0.6 is 0 Å². The van der Waals surface area contributed by atoms with Crippen LogP contribution in [0.1, 0.15) is 213 Å². The van der Waals surface area contributed by atoms with Gasteiger partial charge < -0.3 is 14.2 Å². The number of ether oxygens (including phenoxy) is 3. The molecule has 0 aliphatic rings. The molecule has 0 aromatic carbocycles. The van der Waals surface area contributed by atoms with Crippen LogP contribution in [0.3, 0.4) is 0 Å². The molecule has 0 aromatic rings. The fourth-order valence-electron chi connectivity index (χ4n) is 6.02. The van der Waals surface area contributed by atoms with Crippen LogP contribution in [0.2, 0.25) is 0 Å². The van der Waals surface area contributed by atoms with Gasteiger partial charge in [0.05, 0.1) is 0 Å². The van der Waals surface area contributed by atoms with Crippen molar-refractivity contribution in [3.63, 3.8) is 0 Å². The van der Waals surface area contributed by atoms with E-state index < -0.39 is 6.10 Å². The summed E-state index contributed by atoms with van der Waals surface area (Å²) in [6.45, 7) is 6.48. The summed E-state index contributed by atoms with van der Waals surface area (Å²) in [6.07, 6.45) is 52.2. The van der Waals surface area contributed by atoms with E-state index in [0.29, 0.717) is 25.7 Å². The van der Waals surface area contributed by atoms with Gasteiger partial charge in [-0.05, 0) is 77.0 Å². The molecule has 6 heteroatoms. The fourth-order valence-corrected chi connectivity index (χ4v) is 6.02. The van der Waals surface area contributed by atoms with E-state index in [1.54, 1.807) is 0 Å². The molecule has 0 amide bonds. The monoisotopic (exact) mass is 769 g/mol. The van der Waals surface area contributed by atoms with Crippen LogP contribution in [0.15, 0.2) is 60.8 Å². The number of hydrogen-bond acceptors (Lipinski definition) is 6. The van der Waals surface area contributed by atoms with Crippen molar-refractivity contribution in [1.82, 2.24) is 0 Å². The Morgan fingerprint density at radius 3 is 1.13 bits per heavy atom. The average Bonchev–Trinajstić information content (AvgIpc) is 3.18. The first-order chi connectivity index (χ1) is 27.0. The minimum Gasteiger partial charge on any atom is -0.462 e. The molecule has 6 nitrogen and oxygen atoms in total. The van der Waals surface area contributed by atoms with Crippen LogP contribution in [0.5, 0.6) is 0 Å². The van der Waals surface area contributed by atoms with Crippen LogP contribution in [-0.4, -0.2) is 37.2 Å². The molecule has 0 spiro atoms. The predicted octanol–water partition coefficient (Wildman–Crippen LogP) is 14.5. The third-order valence-electron chi connectivity index (χ3n) is 9.49. The van der Waals surface area contributed by atoms with Crippen molar-refractivity contribution < 1.29 is 28.6 Å². The first kappa shape index (κ1) is 52.1. The number of allylic oxidation sites excluding steroid dienone is 10. The van der Waals surface area contributed by atoms with Crippen LogP contribution in [0.4, 0.5) is 0 Å². The molecule has 0 fully saturated rings. The van der Waals surface area contributed by atoms with Gasteiger partial charge in [-0.25, -0.2) is 0 Å². The highest BCUT2D eigenvalue weighted by Crippen LogP contribution is 2.13. The van der Waals surface area contributed by atoms with Gasteiger partial charge in [-0.15, -0.1) is 0 Å². The van der Waals surface area contributed by atoms with Gasteiger partial charge in [0.1, 0.15) is 13.2 Å². The van der Waals surface area contributed by atoms with Crippen LogP contribution in [0.25, 0.3) is 0 Å². The van der Waals surface area contributed by atoms with Crippen molar-refractivity contribution in [2.75, 3.05) is 13.2 Å². The zero-order chi connectivity index (χ0) is 40.1. The molecule has 0 saturated heterocycles. The van der Waals surface area contributed by atoms with Crippen LogP contribution < -0.4 is 0 Å². The van der Waals surface area contributed by atoms with E-state index >= 15 is 0 Å². The summed E-state index contributed by atoms with van der Waals surface area (Å²) >= 11 is 0. The summed E-state index contributed by atoms with van der Waals surface area (Å²) in [5.41, 5.74) is 0. The average molecular weight is 769 g/mol. The van der Waals surface area contributed by atoms with Gasteiger partial charge >= 0.3 is 17.9 Å². The third kappa shape index (κ3) is 42.1. The molecule has 0 saturated carbocycles. The predicted molar refractivity (Wildman–Crippen MR) is 233 cm³/mol. The zero-order valence-electron chi connectivity index (χ0n) is 35.9. The highest BCUT2D eigenvalue weighted by Gasteiger charge is 2.19. The molecule has 0 aromatic heterocycles. The molecule has 316 valence electrons. The lowest BCUT2D eigenvalue weighted by Gasteiger charge is -2.18. The lowest BCUT2D eigenvalue weighted by Crippen LogP contribution is -2.30. The Labute approximate surface area is 339 Å². The van der Waals surface area contributed by atoms with Crippen molar-refractivity contribution >= 4 is 17.9 Å². The van der Waals surface area contributed by atoms with Gasteiger partial charge in [-0.3, -0.25) is 14.4 Å². The molecule has 0 aliphatic heterocycles. The molecule has 55 heavy (non-hydrogen) atoms. The molecular weight excluding hydrogens is 685 g/mol. The van der Waals surface area contributed by atoms with Crippen molar-refractivity contribution in [1.29, 1.82) is 0 Å². The SMILES string of the molecule is CCCCC/C=C\C/C=C\C/C=C\C/C=C\CCCC(=O)OCC(COC(=O)CCC/C=C\CCCCCC)OC(=O)CCCCCCCCCCCCC. The van der Waals surface area contributed by atoms with E-state index in [4.69, 9.17) is 14.2 Å². The molecule has 0 rings (SSSR count). The summed E-state index contributed by atoms with van der Waals surface area (Å²) in [6, 6.07) is 0. The Balaban J connectivity index is 4.45. The molecule has 0 radical (unpaired) electrons. The highest BCUT2D eigenvalue weighted by atomic mass is 16.6. The van der Waals surface area contributed by atoms with E-state index in [0.717, 1.165) is 57.8 Å². The lowest BCUT2D eigenvalue weighted by atomic mass is 10.1. The molecule has 1 atom stereocenters. The summed E-state index contributed by atoms with van der Waals surface area (Å²) in [4.78, 5) is 37.6. The maximum atomic E-state index is 12.7. The molecule has 0 N–H and O–H groups in total. The van der Waals surface area contributed by atoms with Gasteiger partial charge in [0.15, 0.2) is 6.10 Å².